The molecule has 0 saturated carbocycles. The lowest BCUT2D eigenvalue weighted by atomic mass is 10.1. The fraction of sp³-hybridized carbons (Fsp3) is 0.100. The van der Waals surface area contributed by atoms with Crippen molar-refractivity contribution in [1.29, 1.82) is 0 Å². The van der Waals surface area contributed by atoms with E-state index in [1.807, 2.05) is 30.3 Å². The largest absolute Gasteiger partial charge is 0.493 e. The second-order valence-corrected chi connectivity index (χ2v) is 9.96. The van der Waals surface area contributed by atoms with Gasteiger partial charge in [0.05, 0.1) is 29.8 Å². The molecule has 0 spiro atoms. The van der Waals surface area contributed by atoms with Gasteiger partial charge < -0.3 is 9.47 Å². The molecule has 0 atom stereocenters. The van der Waals surface area contributed by atoms with Crippen LogP contribution in [-0.4, -0.2) is 23.0 Å². The van der Waals surface area contributed by atoms with Gasteiger partial charge in [-0.25, -0.2) is 4.98 Å². The van der Waals surface area contributed by atoms with Crippen molar-refractivity contribution in [2.24, 2.45) is 5.10 Å². The molecule has 1 heterocycles. The van der Waals surface area contributed by atoms with Crippen molar-refractivity contribution in [3.05, 3.63) is 121 Å². The monoisotopic (exact) mass is 641 g/mol. The van der Waals surface area contributed by atoms with Crippen LogP contribution in [0.15, 0.2) is 99.3 Å². The highest BCUT2D eigenvalue weighted by atomic mass is 79.9. The Balaban J connectivity index is 1.60. The van der Waals surface area contributed by atoms with Gasteiger partial charge in [0, 0.05) is 15.6 Å². The summed E-state index contributed by atoms with van der Waals surface area (Å²) in [6.07, 6.45) is -3.24. The number of para-hydroxylation sites is 1. The maximum atomic E-state index is 13.5. The molecule has 0 radical (unpaired) electrons. The zero-order valence-corrected chi connectivity index (χ0v) is 23.7. The van der Waals surface area contributed by atoms with Crippen molar-refractivity contribution >= 4 is 44.6 Å². The average Bonchev–Trinajstić information content (AvgIpc) is 2.98. The van der Waals surface area contributed by atoms with E-state index < -0.39 is 17.3 Å². The van der Waals surface area contributed by atoms with Crippen LogP contribution in [0.1, 0.15) is 16.7 Å². The Morgan fingerprint density at radius 1 is 1.02 bits per heavy atom. The standard InChI is InChI=1S/C30H20BrClF3N3O3/c1-40-24-15-20(25(31)26(32)27(24)41-17-18-8-3-2-4-9-18)16-36-38-28(19-10-7-11-21(14-19)30(33,34)35)37-23-13-6-5-12-22(23)29(38)39/h2-16H,17H2,1H3. The van der Waals surface area contributed by atoms with Gasteiger partial charge in [-0.15, -0.1) is 0 Å². The number of benzene rings is 4. The Labute approximate surface area is 245 Å². The average molecular weight is 643 g/mol. The molecule has 0 aliphatic carbocycles. The number of fused-ring (bicyclic) bond motifs is 1. The van der Waals surface area contributed by atoms with Crippen LogP contribution in [0.2, 0.25) is 5.02 Å². The molecule has 5 rings (SSSR count). The third-order valence-corrected chi connectivity index (χ3v) is 7.56. The van der Waals surface area contributed by atoms with E-state index in [4.69, 9.17) is 21.1 Å². The quantitative estimate of drug-likeness (QED) is 0.169. The summed E-state index contributed by atoms with van der Waals surface area (Å²) in [7, 11) is 1.46. The third-order valence-electron chi connectivity index (χ3n) is 6.12. The molecule has 1 aromatic heterocycles. The predicted molar refractivity (Wildman–Crippen MR) is 156 cm³/mol. The van der Waals surface area contributed by atoms with Gasteiger partial charge >= 0.3 is 6.18 Å². The fourth-order valence-electron chi connectivity index (χ4n) is 4.09. The number of ether oxygens (including phenoxy) is 2. The zero-order chi connectivity index (χ0) is 29.1. The van der Waals surface area contributed by atoms with Crippen molar-refractivity contribution in [2.45, 2.75) is 12.8 Å². The van der Waals surface area contributed by atoms with Crippen LogP contribution in [-0.2, 0) is 12.8 Å². The van der Waals surface area contributed by atoms with Crippen LogP contribution in [0, 0.1) is 0 Å². The summed E-state index contributed by atoms with van der Waals surface area (Å²) in [5.41, 5.74) is 0.308. The molecular formula is C30H20BrClF3N3O3. The summed E-state index contributed by atoms with van der Waals surface area (Å²) in [6.45, 7) is 0.245. The SMILES string of the molecule is COc1cc(C=Nn2c(-c3cccc(C(F)(F)F)c3)nc3ccccc3c2=O)c(Br)c(Cl)c1OCc1ccccc1. The molecule has 0 aliphatic rings. The molecule has 6 nitrogen and oxygen atoms in total. The van der Waals surface area contributed by atoms with Crippen LogP contribution < -0.4 is 15.0 Å². The van der Waals surface area contributed by atoms with Crippen LogP contribution in [0.4, 0.5) is 13.2 Å². The highest BCUT2D eigenvalue weighted by Crippen LogP contribution is 2.42. The molecule has 4 aromatic carbocycles. The number of rotatable bonds is 7. The maximum Gasteiger partial charge on any atom is 0.416 e. The van der Waals surface area contributed by atoms with Crippen molar-refractivity contribution < 1.29 is 22.6 Å². The molecule has 11 heteroatoms. The second kappa shape index (κ2) is 11.8. The lowest BCUT2D eigenvalue weighted by molar-refractivity contribution is -0.137. The number of hydrogen-bond acceptors (Lipinski definition) is 5. The molecule has 0 aliphatic heterocycles. The number of hydrogen-bond donors (Lipinski definition) is 0. The van der Waals surface area contributed by atoms with E-state index in [-0.39, 0.29) is 28.4 Å². The van der Waals surface area contributed by atoms with Gasteiger partial charge in [-0.05, 0) is 51.8 Å². The van der Waals surface area contributed by atoms with Gasteiger partial charge in [-0.1, -0.05) is 66.2 Å². The minimum Gasteiger partial charge on any atom is -0.493 e. The van der Waals surface area contributed by atoms with Gasteiger partial charge in [0.1, 0.15) is 11.6 Å². The predicted octanol–water partition coefficient (Wildman–Crippen LogP) is 7.97. The fourth-order valence-corrected chi connectivity index (χ4v) is 4.74. The normalized spacial score (nSPS) is 11.8. The molecule has 0 N–H and O–H groups in total. The van der Waals surface area contributed by atoms with Crippen LogP contribution in [0.5, 0.6) is 11.5 Å². The molecule has 0 bridgehead atoms. The van der Waals surface area contributed by atoms with E-state index in [9.17, 15) is 18.0 Å². The summed E-state index contributed by atoms with van der Waals surface area (Å²) >= 11 is 10.1. The zero-order valence-electron chi connectivity index (χ0n) is 21.3. The van der Waals surface area contributed by atoms with Gasteiger partial charge in [0.25, 0.3) is 5.56 Å². The molecule has 0 amide bonds. The van der Waals surface area contributed by atoms with Gasteiger partial charge in [-0.2, -0.15) is 22.9 Å². The lowest BCUT2D eigenvalue weighted by Gasteiger charge is -2.15. The van der Waals surface area contributed by atoms with Crippen molar-refractivity contribution in [3.63, 3.8) is 0 Å². The number of nitrogens with zero attached hydrogens (tertiary/aromatic N) is 3. The summed E-state index contributed by atoms with van der Waals surface area (Å²) in [6, 6.07) is 22.2. The summed E-state index contributed by atoms with van der Waals surface area (Å²) < 4.78 is 53.2. The van der Waals surface area contributed by atoms with Crippen molar-refractivity contribution in [2.75, 3.05) is 7.11 Å². The molecule has 41 heavy (non-hydrogen) atoms. The number of halogens is 5. The Hall–Kier alpha value is -4.15. The van der Waals surface area contributed by atoms with Crippen LogP contribution in [0.25, 0.3) is 22.3 Å². The smallest absolute Gasteiger partial charge is 0.416 e. The highest BCUT2D eigenvalue weighted by molar-refractivity contribution is 9.10. The highest BCUT2D eigenvalue weighted by Gasteiger charge is 2.31. The van der Waals surface area contributed by atoms with E-state index >= 15 is 0 Å². The minimum atomic E-state index is -4.58. The third kappa shape index (κ3) is 5.98. The molecule has 0 fully saturated rings. The Bertz CT molecular complexity index is 1830. The molecular weight excluding hydrogens is 623 g/mol. The summed E-state index contributed by atoms with van der Waals surface area (Å²) in [4.78, 5) is 18.0. The van der Waals surface area contributed by atoms with Crippen molar-refractivity contribution in [3.8, 4) is 22.9 Å². The minimum absolute atomic E-state index is 0.0620. The number of methoxy groups -OCH3 is 1. The Kier molecular flexibility index (Phi) is 8.14. The molecule has 208 valence electrons. The number of aromatic nitrogens is 2. The molecule has 0 saturated heterocycles. The maximum absolute atomic E-state index is 13.5. The van der Waals surface area contributed by atoms with E-state index in [1.54, 1.807) is 30.3 Å². The molecule has 0 unspecified atom stereocenters. The van der Waals surface area contributed by atoms with E-state index in [0.29, 0.717) is 27.1 Å². The summed E-state index contributed by atoms with van der Waals surface area (Å²) in [5.74, 6) is 0.557. The van der Waals surface area contributed by atoms with E-state index in [2.05, 4.69) is 26.0 Å². The Morgan fingerprint density at radius 3 is 2.49 bits per heavy atom. The first-order valence-corrected chi connectivity index (χ1v) is 13.3. The van der Waals surface area contributed by atoms with E-state index in [0.717, 1.165) is 22.4 Å². The first-order valence-electron chi connectivity index (χ1n) is 12.1. The van der Waals surface area contributed by atoms with Crippen LogP contribution in [0.3, 0.4) is 0 Å². The first kappa shape index (κ1) is 28.4. The molecule has 5 aromatic rings. The van der Waals surface area contributed by atoms with Gasteiger partial charge in [0.15, 0.2) is 17.3 Å². The van der Waals surface area contributed by atoms with E-state index in [1.165, 1.54) is 25.5 Å². The summed E-state index contributed by atoms with van der Waals surface area (Å²) in [5, 5.41) is 4.81. The second-order valence-electron chi connectivity index (χ2n) is 8.79. The number of alkyl halides is 3. The van der Waals surface area contributed by atoms with Gasteiger partial charge in [0.2, 0.25) is 0 Å². The van der Waals surface area contributed by atoms with Crippen molar-refractivity contribution in [1.82, 2.24) is 9.66 Å². The first-order chi connectivity index (χ1) is 19.7. The topological polar surface area (TPSA) is 65.7 Å². The van der Waals surface area contributed by atoms with Gasteiger partial charge in [-0.3, -0.25) is 4.79 Å². The van der Waals surface area contributed by atoms with Crippen LogP contribution >= 0.6 is 27.5 Å². The Morgan fingerprint density at radius 2 is 1.76 bits per heavy atom. The lowest BCUT2D eigenvalue weighted by Crippen LogP contribution is -2.20.